The molecule has 126 valence electrons. The third-order valence-electron chi connectivity index (χ3n) is 5.55. The van der Waals surface area contributed by atoms with Gasteiger partial charge in [0.1, 0.15) is 5.82 Å². The zero-order chi connectivity index (χ0) is 16.7. The monoisotopic (exact) mass is 344 g/mol. The molecule has 0 unspecified atom stereocenters. The first kappa shape index (κ1) is 15.8. The molecule has 1 N–H and O–H groups in total. The number of aromatic amines is 1. The molecular weight excluding hydrogens is 324 g/mol. The Morgan fingerprint density at radius 3 is 2.88 bits per heavy atom. The van der Waals surface area contributed by atoms with E-state index in [0.717, 1.165) is 73.0 Å². The molecule has 2 aromatic heterocycles. The molecule has 0 bridgehead atoms. The van der Waals surface area contributed by atoms with E-state index in [9.17, 15) is 4.79 Å². The molecule has 0 saturated carbocycles. The molecule has 0 aromatic carbocycles. The Morgan fingerprint density at radius 2 is 2.12 bits per heavy atom. The summed E-state index contributed by atoms with van der Waals surface area (Å²) in [5.41, 5.74) is 3.24. The molecule has 24 heavy (non-hydrogen) atoms. The van der Waals surface area contributed by atoms with Gasteiger partial charge in [0.15, 0.2) is 0 Å². The lowest BCUT2D eigenvalue weighted by Gasteiger charge is -2.39. The third-order valence-corrected chi connectivity index (χ3v) is 5.89. The number of likely N-dealkylation sites (tertiary alicyclic amines) is 1. The second-order valence-electron chi connectivity index (χ2n) is 7.00. The lowest BCUT2D eigenvalue weighted by molar-refractivity contribution is 0.150. The van der Waals surface area contributed by atoms with Crippen molar-refractivity contribution in [3.63, 3.8) is 0 Å². The molecule has 4 rings (SSSR count). The van der Waals surface area contributed by atoms with Crippen molar-refractivity contribution in [2.24, 2.45) is 0 Å². The van der Waals surface area contributed by atoms with E-state index in [1.807, 2.05) is 13.0 Å². The SMILES string of the molecule is Cc1nc2c(c(=O)[nH]1)CCC21CCN(Cc2ccncc2Cl)CC1. The average molecular weight is 345 g/mol. The van der Waals surface area contributed by atoms with Crippen LogP contribution in [-0.2, 0) is 18.4 Å². The second-order valence-corrected chi connectivity index (χ2v) is 7.41. The number of piperidine rings is 1. The number of aromatic nitrogens is 3. The van der Waals surface area contributed by atoms with Crippen molar-refractivity contribution in [3.05, 3.63) is 56.5 Å². The van der Waals surface area contributed by atoms with Crippen LogP contribution in [0.1, 0.15) is 41.9 Å². The molecule has 2 aliphatic rings. The average Bonchev–Trinajstić information content (AvgIpc) is 2.91. The summed E-state index contributed by atoms with van der Waals surface area (Å²) < 4.78 is 0. The molecular formula is C18H21ClN4O. The van der Waals surface area contributed by atoms with Crippen LogP contribution in [0.25, 0.3) is 0 Å². The van der Waals surface area contributed by atoms with Crippen LogP contribution in [-0.4, -0.2) is 32.9 Å². The van der Waals surface area contributed by atoms with Gasteiger partial charge in [-0.2, -0.15) is 0 Å². The van der Waals surface area contributed by atoms with Gasteiger partial charge in [-0.25, -0.2) is 4.98 Å². The molecule has 1 aliphatic heterocycles. The van der Waals surface area contributed by atoms with Crippen molar-refractivity contribution in [2.75, 3.05) is 13.1 Å². The number of hydrogen-bond donors (Lipinski definition) is 1. The van der Waals surface area contributed by atoms with Gasteiger partial charge in [-0.05, 0) is 57.3 Å². The van der Waals surface area contributed by atoms with Gasteiger partial charge < -0.3 is 4.98 Å². The van der Waals surface area contributed by atoms with Crippen LogP contribution < -0.4 is 5.56 Å². The van der Waals surface area contributed by atoms with Gasteiger partial charge in [0, 0.05) is 29.9 Å². The number of H-pyrrole nitrogens is 1. The first-order valence-corrected chi connectivity index (χ1v) is 8.86. The summed E-state index contributed by atoms with van der Waals surface area (Å²) in [6.07, 6.45) is 7.50. The van der Waals surface area contributed by atoms with Crippen molar-refractivity contribution in [2.45, 2.75) is 44.6 Å². The fraction of sp³-hybridized carbons (Fsp3) is 0.500. The van der Waals surface area contributed by atoms with Crippen LogP contribution in [0.2, 0.25) is 5.02 Å². The standard InChI is InChI=1S/C18H21ClN4O/c1-12-21-16-14(17(24)22-12)2-4-18(16)5-8-23(9-6-18)11-13-3-7-20-10-15(13)19/h3,7,10H,2,4-6,8-9,11H2,1H3,(H,21,22,24). The maximum Gasteiger partial charge on any atom is 0.254 e. The Morgan fingerprint density at radius 1 is 1.33 bits per heavy atom. The van der Waals surface area contributed by atoms with Crippen molar-refractivity contribution >= 4 is 11.6 Å². The molecule has 1 aliphatic carbocycles. The summed E-state index contributed by atoms with van der Waals surface area (Å²) >= 11 is 6.23. The van der Waals surface area contributed by atoms with Crippen molar-refractivity contribution < 1.29 is 0 Å². The van der Waals surface area contributed by atoms with E-state index in [0.29, 0.717) is 0 Å². The van der Waals surface area contributed by atoms with Gasteiger partial charge in [0.05, 0.1) is 10.7 Å². The summed E-state index contributed by atoms with van der Waals surface area (Å²) in [5.74, 6) is 0.728. The zero-order valence-corrected chi connectivity index (χ0v) is 14.6. The largest absolute Gasteiger partial charge is 0.311 e. The van der Waals surface area contributed by atoms with E-state index in [2.05, 4.69) is 14.9 Å². The molecule has 3 heterocycles. The minimum absolute atomic E-state index is 0.0559. The van der Waals surface area contributed by atoms with Crippen LogP contribution in [0.3, 0.4) is 0 Å². The second kappa shape index (κ2) is 5.97. The van der Waals surface area contributed by atoms with Gasteiger partial charge >= 0.3 is 0 Å². The van der Waals surface area contributed by atoms with E-state index in [1.54, 1.807) is 12.4 Å². The van der Waals surface area contributed by atoms with Crippen LogP contribution in [0, 0.1) is 6.92 Å². The first-order valence-electron chi connectivity index (χ1n) is 8.48. The van der Waals surface area contributed by atoms with Crippen LogP contribution in [0.5, 0.6) is 0 Å². The third kappa shape index (κ3) is 2.66. The van der Waals surface area contributed by atoms with Crippen molar-refractivity contribution in [1.29, 1.82) is 0 Å². The van der Waals surface area contributed by atoms with Crippen molar-refractivity contribution in [3.8, 4) is 0 Å². The van der Waals surface area contributed by atoms with Gasteiger partial charge in [-0.3, -0.25) is 14.7 Å². The van der Waals surface area contributed by atoms with E-state index in [1.165, 1.54) is 0 Å². The summed E-state index contributed by atoms with van der Waals surface area (Å²) in [6.45, 7) is 4.73. The summed E-state index contributed by atoms with van der Waals surface area (Å²) in [5, 5.41) is 0.729. The van der Waals surface area contributed by atoms with Crippen LogP contribution in [0.4, 0.5) is 0 Å². The van der Waals surface area contributed by atoms with Gasteiger partial charge in [0.25, 0.3) is 5.56 Å². The quantitative estimate of drug-likeness (QED) is 0.909. The van der Waals surface area contributed by atoms with E-state index in [4.69, 9.17) is 16.6 Å². The summed E-state index contributed by atoms with van der Waals surface area (Å²) in [6, 6.07) is 1.99. The topological polar surface area (TPSA) is 61.9 Å². The Labute approximate surface area is 146 Å². The van der Waals surface area contributed by atoms with E-state index >= 15 is 0 Å². The molecule has 0 atom stereocenters. The molecule has 6 heteroatoms. The molecule has 0 amide bonds. The molecule has 2 aromatic rings. The number of rotatable bonds is 2. The molecule has 1 saturated heterocycles. The predicted octanol–water partition coefficient (Wildman–Crippen LogP) is 2.61. The summed E-state index contributed by atoms with van der Waals surface area (Å²) in [7, 11) is 0. The highest BCUT2D eigenvalue weighted by molar-refractivity contribution is 6.31. The lowest BCUT2D eigenvalue weighted by Crippen LogP contribution is -2.42. The predicted molar refractivity (Wildman–Crippen MR) is 93.4 cm³/mol. The zero-order valence-electron chi connectivity index (χ0n) is 13.8. The molecule has 1 fully saturated rings. The summed E-state index contributed by atoms with van der Waals surface area (Å²) in [4.78, 5) is 26.2. The number of nitrogens with zero attached hydrogens (tertiary/aromatic N) is 3. The number of nitrogens with one attached hydrogen (secondary N) is 1. The smallest absolute Gasteiger partial charge is 0.254 e. The first-order chi connectivity index (χ1) is 11.6. The number of hydrogen-bond acceptors (Lipinski definition) is 4. The lowest BCUT2D eigenvalue weighted by atomic mass is 9.76. The van der Waals surface area contributed by atoms with Gasteiger partial charge in [0.2, 0.25) is 0 Å². The van der Waals surface area contributed by atoms with E-state index < -0.39 is 0 Å². The maximum atomic E-state index is 12.2. The molecule has 1 spiro atoms. The number of aryl methyl sites for hydroxylation is 1. The fourth-order valence-electron chi connectivity index (χ4n) is 4.16. The molecule has 0 radical (unpaired) electrons. The Bertz CT molecular complexity index is 824. The Hall–Kier alpha value is -1.72. The van der Waals surface area contributed by atoms with Gasteiger partial charge in [-0.15, -0.1) is 0 Å². The Balaban J connectivity index is 1.52. The number of fused-ring (bicyclic) bond motifs is 2. The van der Waals surface area contributed by atoms with Crippen LogP contribution >= 0.6 is 11.6 Å². The number of pyridine rings is 1. The fourth-order valence-corrected chi connectivity index (χ4v) is 4.34. The normalized spacial score (nSPS) is 19.6. The maximum absolute atomic E-state index is 12.2. The highest BCUT2D eigenvalue weighted by atomic mass is 35.5. The minimum atomic E-state index is 0.0559. The minimum Gasteiger partial charge on any atom is -0.311 e. The van der Waals surface area contributed by atoms with E-state index in [-0.39, 0.29) is 11.0 Å². The van der Waals surface area contributed by atoms with Crippen molar-refractivity contribution in [1.82, 2.24) is 19.9 Å². The number of halogens is 1. The van der Waals surface area contributed by atoms with Crippen LogP contribution in [0.15, 0.2) is 23.3 Å². The highest BCUT2D eigenvalue weighted by Gasteiger charge is 2.43. The highest BCUT2D eigenvalue weighted by Crippen LogP contribution is 2.44. The van der Waals surface area contributed by atoms with Gasteiger partial charge in [-0.1, -0.05) is 11.6 Å². The molecule has 5 nitrogen and oxygen atoms in total. The Kier molecular flexibility index (Phi) is 3.93.